The number of nitrogens with one attached hydrogen (secondary N) is 1. The Morgan fingerprint density at radius 3 is 2.45 bits per heavy atom. The first-order chi connectivity index (χ1) is 9.58. The van der Waals surface area contributed by atoms with Gasteiger partial charge in [0, 0.05) is 18.2 Å². The maximum atomic E-state index is 12.1. The van der Waals surface area contributed by atoms with Crippen LogP contribution >= 0.6 is 0 Å². The van der Waals surface area contributed by atoms with Crippen LogP contribution in [-0.4, -0.2) is 12.5 Å². The van der Waals surface area contributed by atoms with Crippen molar-refractivity contribution in [2.75, 3.05) is 6.54 Å². The Morgan fingerprint density at radius 2 is 1.80 bits per heavy atom. The third-order valence-electron chi connectivity index (χ3n) is 3.48. The van der Waals surface area contributed by atoms with Gasteiger partial charge in [-0.25, -0.2) is 0 Å². The number of rotatable bonds is 4. The summed E-state index contributed by atoms with van der Waals surface area (Å²) >= 11 is 0. The van der Waals surface area contributed by atoms with E-state index >= 15 is 0 Å². The molecule has 20 heavy (non-hydrogen) atoms. The number of benzene rings is 2. The summed E-state index contributed by atoms with van der Waals surface area (Å²) in [5, 5.41) is 2.88. The quantitative estimate of drug-likeness (QED) is 0.895. The summed E-state index contributed by atoms with van der Waals surface area (Å²) < 4.78 is 0. The number of nitrogens with two attached hydrogens (primary N) is 1. The average molecular weight is 268 g/mol. The predicted octanol–water partition coefficient (Wildman–Crippen LogP) is 2.73. The summed E-state index contributed by atoms with van der Waals surface area (Å²) in [6, 6.07) is 15.3. The molecule has 0 radical (unpaired) electrons. The SMILES string of the molecule is Cc1ccc(C(=O)NCC(N)c2ccccc2)cc1C. The lowest BCUT2D eigenvalue weighted by molar-refractivity contribution is 0.0951. The van der Waals surface area contributed by atoms with Crippen LogP contribution in [0.1, 0.15) is 33.1 Å². The van der Waals surface area contributed by atoms with E-state index in [-0.39, 0.29) is 11.9 Å². The smallest absolute Gasteiger partial charge is 0.251 e. The minimum absolute atomic E-state index is 0.0838. The van der Waals surface area contributed by atoms with Crippen molar-refractivity contribution < 1.29 is 4.79 Å². The van der Waals surface area contributed by atoms with E-state index in [1.165, 1.54) is 5.56 Å². The van der Waals surface area contributed by atoms with Crippen molar-refractivity contribution in [3.8, 4) is 0 Å². The maximum absolute atomic E-state index is 12.1. The molecule has 3 heteroatoms. The second kappa shape index (κ2) is 6.35. The molecule has 1 unspecified atom stereocenters. The van der Waals surface area contributed by atoms with E-state index in [9.17, 15) is 4.79 Å². The molecule has 1 atom stereocenters. The van der Waals surface area contributed by atoms with Crippen molar-refractivity contribution >= 4 is 5.91 Å². The molecular weight excluding hydrogens is 248 g/mol. The lowest BCUT2D eigenvalue weighted by Crippen LogP contribution is -2.31. The zero-order valence-electron chi connectivity index (χ0n) is 11.9. The van der Waals surface area contributed by atoms with Crippen molar-refractivity contribution in [3.63, 3.8) is 0 Å². The van der Waals surface area contributed by atoms with Crippen LogP contribution in [-0.2, 0) is 0 Å². The van der Waals surface area contributed by atoms with Gasteiger partial charge < -0.3 is 11.1 Å². The molecule has 0 spiro atoms. The number of hydrogen-bond donors (Lipinski definition) is 2. The third-order valence-corrected chi connectivity index (χ3v) is 3.48. The second-order valence-electron chi connectivity index (χ2n) is 5.03. The molecule has 0 aliphatic carbocycles. The molecule has 0 saturated heterocycles. The minimum atomic E-state index is -0.188. The summed E-state index contributed by atoms with van der Waals surface area (Å²) in [5.41, 5.74) is 10.1. The van der Waals surface area contributed by atoms with E-state index in [2.05, 4.69) is 5.32 Å². The fraction of sp³-hybridized carbons (Fsp3) is 0.235. The van der Waals surface area contributed by atoms with E-state index in [0.717, 1.165) is 11.1 Å². The van der Waals surface area contributed by atoms with E-state index in [1.807, 2.05) is 62.4 Å². The van der Waals surface area contributed by atoms with Crippen LogP contribution in [0.3, 0.4) is 0 Å². The summed E-state index contributed by atoms with van der Waals surface area (Å²) in [6.07, 6.45) is 0. The lowest BCUT2D eigenvalue weighted by atomic mass is 10.1. The van der Waals surface area contributed by atoms with Crippen molar-refractivity contribution in [2.45, 2.75) is 19.9 Å². The minimum Gasteiger partial charge on any atom is -0.350 e. The van der Waals surface area contributed by atoms with E-state index < -0.39 is 0 Å². The highest BCUT2D eigenvalue weighted by molar-refractivity contribution is 5.94. The lowest BCUT2D eigenvalue weighted by Gasteiger charge is -2.13. The molecule has 0 fully saturated rings. The Labute approximate surface area is 119 Å². The van der Waals surface area contributed by atoms with Crippen LogP contribution in [0.5, 0.6) is 0 Å². The predicted molar refractivity (Wildman–Crippen MR) is 81.6 cm³/mol. The van der Waals surface area contributed by atoms with Gasteiger partial charge in [0.15, 0.2) is 0 Å². The fourth-order valence-electron chi connectivity index (χ4n) is 2.01. The summed E-state index contributed by atoms with van der Waals surface area (Å²) in [5.74, 6) is -0.0838. The Kier molecular flexibility index (Phi) is 4.53. The van der Waals surface area contributed by atoms with E-state index in [0.29, 0.717) is 12.1 Å². The first-order valence-corrected chi connectivity index (χ1v) is 6.74. The van der Waals surface area contributed by atoms with Gasteiger partial charge in [-0.2, -0.15) is 0 Å². The molecular formula is C17H20N2O. The summed E-state index contributed by atoms with van der Waals surface area (Å²) in [6.45, 7) is 4.46. The second-order valence-corrected chi connectivity index (χ2v) is 5.03. The molecule has 104 valence electrons. The third kappa shape index (κ3) is 3.45. The molecule has 0 aromatic heterocycles. The van der Waals surface area contributed by atoms with Gasteiger partial charge in [0.2, 0.25) is 0 Å². The number of aryl methyl sites for hydroxylation is 2. The zero-order chi connectivity index (χ0) is 14.5. The normalized spacial score (nSPS) is 11.9. The fourth-order valence-corrected chi connectivity index (χ4v) is 2.01. The van der Waals surface area contributed by atoms with Gasteiger partial charge in [0.1, 0.15) is 0 Å². The molecule has 1 amide bonds. The molecule has 3 nitrogen and oxygen atoms in total. The summed E-state index contributed by atoms with van der Waals surface area (Å²) in [7, 11) is 0. The Morgan fingerprint density at radius 1 is 1.10 bits per heavy atom. The van der Waals surface area contributed by atoms with Crippen LogP contribution in [0.4, 0.5) is 0 Å². The van der Waals surface area contributed by atoms with Gasteiger partial charge in [-0.05, 0) is 42.7 Å². The Bertz CT molecular complexity index is 593. The largest absolute Gasteiger partial charge is 0.350 e. The van der Waals surface area contributed by atoms with Gasteiger partial charge in [-0.3, -0.25) is 4.79 Å². The van der Waals surface area contributed by atoms with Gasteiger partial charge in [-0.1, -0.05) is 36.4 Å². The summed E-state index contributed by atoms with van der Waals surface area (Å²) in [4.78, 5) is 12.1. The van der Waals surface area contributed by atoms with E-state index in [1.54, 1.807) is 0 Å². The Balaban J connectivity index is 1.97. The first-order valence-electron chi connectivity index (χ1n) is 6.74. The maximum Gasteiger partial charge on any atom is 0.251 e. The average Bonchev–Trinajstić information content (AvgIpc) is 2.48. The Hall–Kier alpha value is -2.13. The van der Waals surface area contributed by atoms with Gasteiger partial charge >= 0.3 is 0 Å². The molecule has 0 heterocycles. The molecule has 0 aliphatic heterocycles. The van der Waals surface area contributed by atoms with E-state index in [4.69, 9.17) is 5.73 Å². The van der Waals surface area contributed by atoms with Gasteiger partial charge in [0.25, 0.3) is 5.91 Å². The van der Waals surface area contributed by atoms with Crippen LogP contribution in [0.15, 0.2) is 48.5 Å². The first kappa shape index (κ1) is 14.3. The number of carbonyl (C=O) groups is 1. The van der Waals surface area contributed by atoms with Gasteiger partial charge in [0.05, 0.1) is 0 Å². The molecule has 2 aromatic rings. The highest BCUT2D eigenvalue weighted by Gasteiger charge is 2.10. The standard InChI is InChI=1S/C17H20N2O/c1-12-8-9-15(10-13(12)2)17(20)19-11-16(18)14-6-4-3-5-7-14/h3-10,16H,11,18H2,1-2H3,(H,19,20). The van der Waals surface area contributed by atoms with Crippen LogP contribution in [0.2, 0.25) is 0 Å². The van der Waals surface area contributed by atoms with Crippen molar-refractivity contribution in [1.29, 1.82) is 0 Å². The van der Waals surface area contributed by atoms with Crippen molar-refractivity contribution in [2.24, 2.45) is 5.73 Å². The molecule has 3 N–H and O–H groups in total. The number of amides is 1. The van der Waals surface area contributed by atoms with Crippen molar-refractivity contribution in [1.82, 2.24) is 5.32 Å². The van der Waals surface area contributed by atoms with Gasteiger partial charge in [-0.15, -0.1) is 0 Å². The number of carbonyl (C=O) groups excluding carboxylic acids is 1. The van der Waals surface area contributed by atoms with Crippen LogP contribution in [0, 0.1) is 13.8 Å². The molecule has 2 rings (SSSR count). The van der Waals surface area contributed by atoms with Crippen LogP contribution < -0.4 is 11.1 Å². The molecule has 0 saturated carbocycles. The molecule has 2 aromatic carbocycles. The highest BCUT2D eigenvalue weighted by atomic mass is 16.1. The molecule has 0 aliphatic rings. The highest BCUT2D eigenvalue weighted by Crippen LogP contribution is 2.11. The topological polar surface area (TPSA) is 55.1 Å². The molecule has 0 bridgehead atoms. The monoisotopic (exact) mass is 268 g/mol. The van der Waals surface area contributed by atoms with Crippen molar-refractivity contribution in [3.05, 3.63) is 70.8 Å². The van der Waals surface area contributed by atoms with Crippen LogP contribution in [0.25, 0.3) is 0 Å². The zero-order valence-corrected chi connectivity index (χ0v) is 11.9. The number of hydrogen-bond acceptors (Lipinski definition) is 2.